The van der Waals surface area contributed by atoms with Gasteiger partial charge in [-0.05, 0) is 61.2 Å². The fourth-order valence-electron chi connectivity index (χ4n) is 3.16. The quantitative estimate of drug-likeness (QED) is 0.798. The molecule has 0 aliphatic carbocycles. The van der Waals surface area contributed by atoms with Crippen LogP contribution in [0, 0.1) is 0 Å². The van der Waals surface area contributed by atoms with Crippen molar-refractivity contribution < 1.29 is 13.2 Å². The molecule has 0 spiro atoms. The highest BCUT2D eigenvalue weighted by atomic mass is 32.2. The lowest BCUT2D eigenvalue weighted by Crippen LogP contribution is -2.29. The van der Waals surface area contributed by atoms with Crippen LogP contribution < -0.4 is 14.9 Å². The van der Waals surface area contributed by atoms with Gasteiger partial charge in [-0.3, -0.25) is 4.79 Å². The van der Waals surface area contributed by atoms with Crippen molar-refractivity contribution in [2.24, 2.45) is 0 Å². The fraction of sp³-hybridized carbons (Fsp3) is 0.350. The lowest BCUT2D eigenvalue weighted by Gasteiger charge is -2.28. The predicted molar refractivity (Wildman–Crippen MR) is 107 cm³/mol. The normalized spacial score (nSPS) is 14.8. The molecule has 0 aromatic heterocycles. The van der Waals surface area contributed by atoms with Crippen LogP contribution in [-0.2, 0) is 21.4 Å². The van der Waals surface area contributed by atoms with Crippen molar-refractivity contribution in [3.63, 3.8) is 0 Å². The van der Waals surface area contributed by atoms with Gasteiger partial charge in [-0.1, -0.05) is 12.1 Å². The number of nitrogens with zero attached hydrogens (tertiary/aromatic N) is 1. The van der Waals surface area contributed by atoms with Crippen LogP contribution in [0.4, 0.5) is 11.4 Å². The van der Waals surface area contributed by atoms with Crippen molar-refractivity contribution >= 4 is 27.3 Å². The molecule has 7 heteroatoms. The third-order valence-electron chi connectivity index (χ3n) is 4.61. The molecule has 0 unspecified atom stereocenters. The molecule has 6 nitrogen and oxygen atoms in total. The minimum atomic E-state index is -3.61. The minimum Gasteiger partial charge on any atom is -0.372 e. The van der Waals surface area contributed by atoms with Crippen LogP contribution in [0.1, 0.15) is 31.7 Å². The summed E-state index contributed by atoms with van der Waals surface area (Å²) in [6, 6.07) is 14.1. The summed E-state index contributed by atoms with van der Waals surface area (Å²) in [4.78, 5) is 13.6. The Labute approximate surface area is 160 Å². The van der Waals surface area contributed by atoms with E-state index in [1.54, 1.807) is 12.1 Å². The van der Waals surface area contributed by atoms with Crippen LogP contribution in [0.15, 0.2) is 53.4 Å². The van der Waals surface area contributed by atoms with Crippen molar-refractivity contribution in [1.82, 2.24) is 4.72 Å². The van der Waals surface area contributed by atoms with E-state index in [1.165, 1.54) is 44.0 Å². The summed E-state index contributed by atoms with van der Waals surface area (Å²) in [5.41, 5.74) is 2.67. The van der Waals surface area contributed by atoms with Crippen LogP contribution in [0.3, 0.4) is 0 Å². The first-order valence-corrected chi connectivity index (χ1v) is 10.6. The smallest absolute Gasteiger partial charge is 0.240 e. The summed E-state index contributed by atoms with van der Waals surface area (Å²) in [7, 11) is -3.61. The van der Waals surface area contributed by atoms with Gasteiger partial charge in [0.1, 0.15) is 0 Å². The molecule has 0 bridgehead atoms. The Kier molecular flexibility index (Phi) is 6.13. The van der Waals surface area contributed by atoms with E-state index in [0.717, 1.165) is 18.7 Å². The van der Waals surface area contributed by atoms with Gasteiger partial charge >= 0.3 is 0 Å². The molecule has 2 aromatic carbocycles. The van der Waals surface area contributed by atoms with E-state index in [-0.39, 0.29) is 17.3 Å². The van der Waals surface area contributed by atoms with Crippen molar-refractivity contribution in [2.45, 2.75) is 37.6 Å². The van der Waals surface area contributed by atoms with Crippen LogP contribution in [-0.4, -0.2) is 27.4 Å². The van der Waals surface area contributed by atoms with Gasteiger partial charge in [0.25, 0.3) is 0 Å². The molecule has 3 rings (SSSR count). The number of carbonyl (C=O) groups excluding carboxylic acids is 1. The molecule has 2 N–H and O–H groups in total. The topological polar surface area (TPSA) is 78.5 Å². The summed E-state index contributed by atoms with van der Waals surface area (Å²) in [5.74, 6) is -0.197. The second kappa shape index (κ2) is 8.54. The molecule has 1 aliphatic heterocycles. The van der Waals surface area contributed by atoms with E-state index in [0.29, 0.717) is 5.69 Å². The highest BCUT2D eigenvalue weighted by Gasteiger charge is 2.14. The fourth-order valence-corrected chi connectivity index (χ4v) is 4.18. The molecule has 144 valence electrons. The number of piperidine rings is 1. The Morgan fingerprint density at radius 2 is 1.59 bits per heavy atom. The van der Waals surface area contributed by atoms with Crippen LogP contribution in [0.25, 0.3) is 0 Å². The molecular weight excluding hydrogens is 362 g/mol. The number of carbonyl (C=O) groups is 1. The molecular formula is C20H25N3O3S. The first-order chi connectivity index (χ1) is 12.9. The number of nitrogens with one attached hydrogen (secondary N) is 2. The molecule has 1 saturated heterocycles. The average molecular weight is 388 g/mol. The van der Waals surface area contributed by atoms with E-state index in [2.05, 4.69) is 27.1 Å². The molecule has 0 radical (unpaired) electrons. The molecule has 1 aliphatic rings. The Morgan fingerprint density at radius 1 is 0.963 bits per heavy atom. The van der Waals surface area contributed by atoms with Crippen molar-refractivity contribution in [1.29, 1.82) is 0 Å². The van der Waals surface area contributed by atoms with Crippen LogP contribution in [0.2, 0.25) is 0 Å². The summed E-state index contributed by atoms with van der Waals surface area (Å²) in [5, 5.41) is 2.62. The van der Waals surface area contributed by atoms with Crippen LogP contribution >= 0.6 is 0 Å². The van der Waals surface area contributed by atoms with E-state index < -0.39 is 10.0 Å². The average Bonchev–Trinajstić information content (AvgIpc) is 2.67. The van der Waals surface area contributed by atoms with Gasteiger partial charge in [0.2, 0.25) is 15.9 Å². The number of amides is 1. The predicted octanol–water partition coefficient (Wildman–Crippen LogP) is 3.11. The van der Waals surface area contributed by atoms with E-state index in [4.69, 9.17) is 0 Å². The van der Waals surface area contributed by atoms with Gasteiger partial charge in [0, 0.05) is 37.9 Å². The van der Waals surface area contributed by atoms with Gasteiger partial charge in [-0.25, -0.2) is 13.1 Å². The standard InChI is InChI=1S/C20H25N3O3S/c1-16(24)22-18-7-11-20(12-8-18)27(25,26)21-15-17-5-9-19(10-6-17)23-13-3-2-4-14-23/h5-12,21H,2-4,13-15H2,1H3,(H,22,24). The monoisotopic (exact) mass is 387 g/mol. The zero-order chi connectivity index (χ0) is 19.3. The Hall–Kier alpha value is -2.38. The van der Waals surface area contributed by atoms with Crippen molar-refractivity contribution in [3.05, 3.63) is 54.1 Å². The van der Waals surface area contributed by atoms with Gasteiger partial charge in [0.15, 0.2) is 0 Å². The van der Waals surface area contributed by atoms with Gasteiger partial charge in [-0.15, -0.1) is 0 Å². The largest absolute Gasteiger partial charge is 0.372 e. The summed E-state index contributed by atoms with van der Waals surface area (Å²) in [6.07, 6.45) is 3.74. The highest BCUT2D eigenvalue weighted by Crippen LogP contribution is 2.20. The summed E-state index contributed by atoms with van der Waals surface area (Å²) >= 11 is 0. The van der Waals surface area contributed by atoms with Crippen molar-refractivity contribution in [2.75, 3.05) is 23.3 Å². The Morgan fingerprint density at radius 3 is 2.19 bits per heavy atom. The Balaban J connectivity index is 1.60. The summed E-state index contributed by atoms with van der Waals surface area (Å²) in [6.45, 7) is 3.81. The van der Waals surface area contributed by atoms with Gasteiger partial charge in [-0.2, -0.15) is 0 Å². The Bertz CT molecular complexity index is 872. The number of hydrogen-bond acceptors (Lipinski definition) is 4. The maximum atomic E-state index is 12.4. The third kappa shape index (κ3) is 5.30. The number of sulfonamides is 1. The van der Waals surface area contributed by atoms with E-state index in [9.17, 15) is 13.2 Å². The maximum Gasteiger partial charge on any atom is 0.240 e. The van der Waals surface area contributed by atoms with Gasteiger partial charge in [0.05, 0.1) is 4.90 Å². The first-order valence-electron chi connectivity index (χ1n) is 9.15. The molecule has 2 aromatic rings. The maximum absolute atomic E-state index is 12.4. The molecule has 1 fully saturated rings. The highest BCUT2D eigenvalue weighted by molar-refractivity contribution is 7.89. The first kappa shape index (κ1) is 19.4. The lowest BCUT2D eigenvalue weighted by molar-refractivity contribution is -0.114. The molecule has 0 atom stereocenters. The third-order valence-corrected chi connectivity index (χ3v) is 6.03. The minimum absolute atomic E-state index is 0.168. The van der Waals surface area contributed by atoms with E-state index >= 15 is 0 Å². The number of rotatable bonds is 6. The number of anilines is 2. The van der Waals surface area contributed by atoms with Crippen LogP contribution in [0.5, 0.6) is 0 Å². The van der Waals surface area contributed by atoms with Gasteiger partial charge < -0.3 is 10.2 Å². The van der Waals surface area contributed by atoms with Crippen molar-refractivity contribution in [3.8, 4) is 0 Å². The summed E-state index contributed by atoms with van der Waals surface area (Å²) < 4.78 is 27.5. The molecule has 0 saturated carbocycles. The van der Waals surface area contributed by atoms with E-state index in [1.807, 2.05) is 12.1 Å². The lowest BCUT2D eigenvalue weighted by atomic mass is 10.1. The second-order valence-corrected chi connectivity index (χ2v) is 8.51. The molecule has 27 heavy (non-hydrogen) atoms. The SMILES string of the molecule is CC(=O)Nc1ccc(S(=O)(=O)NCc2ccc(N3CCCCC3)cc2)cc1. The zero-order valence-corrected chi connectivity index (χ0v) is 16.3. The number of benzene rings is 2. The zero-order valence-electron chi connectivity index (χ0n) is 15.4. The molecule has 1 heterocycles. The number of hydrogen-bond donors (Lipinski definition) is 2. The molecule has 1 amide bonds. The second-order valence-electron chi connectivity index (χ2n) is 6.74.